The second kappa shape index (κ2) is 10.0. The lowest BCUT2D eigenvalue weighted by atomic mass is 9.68. The second-order valence-corrected chi connectivity index (χ2v) is 11.4. The average Bonchev–Trinajstić information content (AvgIpc) is 3.69. The standard InChI is InChI=1S/C35H33NO7/c1-40-26-16-20(13-14-25(26)37)32(38)31-30(21-17-27(41-2)33(43-4)28(18-21)42-3)24-12-7-15-36(24)35(31)23-11-6-9-19-8-5-10-22(29(19)23)34(35)39/h5-6,8-11,13-14,16-18,24,30-31,37H,7,12,15H2,1-4H3. The van der Waals surface area contributed by atoms with Crippen LogP contribution >= 0.6 is 0 Å². The lowest BCUT2D eigenvalue weighted by Crippen LogP contribution is -2.51. The van der Waals surface area contributed by atoms with E-state index in [0.717, 1.165) is 34.7 Å². The number of aromatic hydroxyl groups is 1. The molecule has 1 aliphatic carbocycles. The Balaban J connectivity index is 1.53. The molecule has 2 aliphatic heterocycles. The molecule has 43 heavy (non-hydrogen) atoms. The van der Waals surface area contributed by atoms with Crippen LogP contribution < -0.4 is 18.9 Å². The van der Waals surface area contributed by atoms with Gasteiger partial charge in [-0.15, -0.1) is 0 Å². The fourth-order valence-corrected chi connectivity index (χ4v) is 8.11. The van der Waals surface area contributed by atoms with Gasteiger partial charge in [-0.05, 0) is 71.6 Å². The number of ether oxygens (including phenoxy) is 4. The molecule has 0 aromatic heterocycles. The third-order valence-electron chi connectivity index (χ3n) is 9.70. The minimum atomic E-state index is -1.21. The van der Waals surface area contributed by atoms with Gasteiger partial charge in [-0.1, -0.05) is 36.4 Å². The number of Topliss-reactive ketones (excluding diaryl/α,β-unsaturated/α-hetero) is 2. The number of carbonyl (C=O) groups excluding carboxylic acids is 2. The first kappa shape index (κ1) is 27.3. The molecule has 0 radical (unpaired) electrons. The molecule has 7 rings (SSSR count). The maximum atomic E-state index is 15.0. The van der Waals surface area contributed by atoms with Crippen molar-refractivity contribution in [3.05, 3.63) is 89.0 Å². The number of phenolic OH excluding ortho intramolecular Hbond substituents is 1. The highest BCUT2D eigenvalue weighted by atomic mass is 16.5. The summed E-state index contributed by atoms with van der Waals surface area (Å²) in [6.45, 7) is 0.685. The average molecular weight is 580 g/mol. The Morgan fingerprint density at radius 2 is 1.58 bits per heavy atom. The van der Waals surface area contributed by atoms with Crippen LogP contribution in [0.5, 0.6) is 28.7 Å². The number of phenols is 1. The first-order valence-electron chi connectivity index (χ1n) is 14.5. The summed E-state index contributed by atoms with van der Waals surface area (Å²) in [5, 5.41) is 12.2. The second-order valence-electron chi connectivity index (χ2n) is 11.4. The van der Waals surface area contributed by atoms with E-state index in [2.05, 4.69) is 4.90 Å². The number of hydrogen-bond acceptors (Lipinski definition) is 8. The number of hydrogen-bond donors (Lipinski definition) is 1. The molecule has 0 amide bonds. The molecule has 4 atom stereocenters. The maximum absolute atomic E-state index is 15.0. The van der Waals surface area contributed by atoms with Gasteiger partial charge < -0.3 is 24.1 Å². The number of ketones is 2. The molecule has 2 fully saturated rings. The molecule has 0 bridgehead atoms. The van der Waals surface area contributed by atoms with Gasteiger partial charge in [0.1, 0.15) is 5.54 Å². The molecule has 2 saturated heterocycles. The zero-order chi connectivity index (χ0) is 30.0. The molecule has 0 saturated carbocycles. The van der Waals surface area contributed by atoms with Crippen LogP contribution in [0.3, 0.4) is 0 Å². The Labute approximate surface area is 249 Å². The number of benzene rings is 4. The van der Waals surface area contributed by atoms with Crippen molar-refractivity contribution in [2.45, 2.75) is 30.3 Å². The van der Waals surface area contributed by atoms with Crippen LogP contribution in [0.15, 0.2) is 66.7 Å². The van der Waals surface area contributed by atoms with Gasteiger partial charge in [0.25, 0.3) is 0 Å². The van der Waals surface area contributed by atoms with Crippen LogP contribution in [-0.2, 0) is 5.54 Å². The van der Waals surface area contributed by atoms with Crippen LogP contribution in [0.1, 0.15) is 50.6 Å². The molecule has 4 aromatic carbocycles. The number of fused-ring (bicyclic) bond motifs is 3. The van der Waals surface area contributed by atoms with E-state index in [1.807, 2.05) is 48.5 Å². The summed E-state index contributed by atoms with van der Waals surface area (Å²) >= 11 is 0. The maximum Gasteiger partial charge on any atom is 0.203 e. The summed E-state index contributed by atoms with van der Waals surface area (Å²) in [6, 6.07) is 20.2. The molecular weight excluding hydrogens is 546 g/mol. The van der Waals surface area contributed by atoms with Crippen LogP contribution in [0, 0.1) is 5.92 Å². The summed E-state index contributed by atoms with van der Waals surface area (Å²) < 4.78 is 22.5. The van der Waals surface area contributed by atoms with Crippen molar-refractivity contribution < 1.29 is 33.6 Å². The Kier molecular flexibility index (Phi) is 6.36. The summed E-state index contributed by atoms with van der Waals surface area (Å²) in [6.07, 6.45) is 1.73. The molecule has 1 N–H and O–H groups in total. The highest BCUT2D eigenvalue weighted by Gasteiger charge is 2.69. The quantitative estimate of drug-likeness (QED) is 0.278. The molecule has 4 unspecified atom stereocenters. The van der Waals surface area contributed by atoms with Crippen LogP contribution in [0.2, 0.25) is 0 Å². The summed E-state index contributed by atoms with van der Waals surface area (Å²) in [4.78, 5) is 32.3. The molecule has 3 aliphatic rings. The smallest absolute Gasteiger partial charge is 0.203 e. The van der Waals surface area contributed by atoms with Crippen molar-refractivity contribution in [2.75, 3.05) is 35.0 Å². The van der Waals surface area contributed by atoms with E-state index in [1.165, 1.54) is 13.2 Å². The third-order valence-corrected chi connectivity index (χ3v) is 9.70. The van der Waals surface area contributed by atoms with Gasteiger partial charge in [-0.3, -0.25) is 14.5 Å². The van der Waals surface area contributed by atoms with Crippen LogP contribution in [-0.4, -0.2) is 62.6 Å². The molecule has 8 heteroatoms. The van der Waals surface area contributed by atoms with Gasteiger partial charge in [-0.2, -0.15) is 0 Å². The van der Waals surface area contributed by atoms with Crippen molar-refractivity contribution >= 4 is 22.3 Å². The highest BCUT2D eigenvalue weighted by Crippen LogP contribution is 2.63. The Bertz CT molecular complexity index is 1770. The molecular formula is C35H33NO7. The van der Waals surface area contributed by atoms with E-state index in [-0.39, 0.29) is 35.0 Å². The number of nitrogens with zero attached hydrogens (tertiary/aromatic N) is 1. The normalized spacial score (nSPS) is 24.0. The van der Waals surface area contributed by atoms with E-state index in [1.54, 1.807) is 33.5 Å². The molecule has 4 aromatic rings. The van der Waals surface area contributed by atoms with Crippen molar-refractivity contribution in [2.24, 2.45) is 5.92 Å². The molecule has 220 valence electrons. The Hall–Kier alpha value is -4.56. The Morgan fingerprint density at radius 3 is 2.26 bits per heavy atom. The van der Waals surface area contributed by atoms with E-state index in [0.29, 0.717) is 34.9 Å². The van der Waals surface area contributed by atoms with Crippen molar-refractivity contribution in [1.29, 1.82) is 0 Å². The Morgan fingerprint density at radius 1 is 0.884 bits per heavy atom. The van der Waals surface area contributed by atoms with Gasteiger partial charge in [0, 0.05) is 23.1 Å². The molecule has 2 heterocycles. The fourth-order valence-electron chi connectivity index (χ4n) is 8.11. The van der Waals surface area contributed by atoms with Gasteiger partial charge in [0.05, 0.1) is 34.4 Å². The van der Waals surface area contributed by atoms with E-state index < -0.39 is 11.5 Å². The SMILES string of the molecule is COc1cc(C(=O)C2C(c3cc(OC)c(OC)c(OC)c3)C3CCCN3C23C(=O)c2cccc4cccc3c24)ccc1O. The van der Waals surface area contributed by atoms with Gasteiger partial charge >= 0.3 is 0 Å². The minimum absolute atomic E-state index is 0.0507. The van der Waals surface area contributed by atoms with Crippen LogP contribution in [0.25, 0.3) is 10.8 Å². The fraction of sp³-hybridized carbons (Fsp3) is 0.314. The van der Waals surface area contributed by atoms with Crippen LogP contribution in [0.4, 0.5) is 0 Å². The van der Waals surface area contributed by atoms with Gasteiger partial charge in [-0.25, -0.2) is 0 Å². The van der Waals surface area contributed by atoms with E-state index in [9.17, 15) is 9.90 Å². The molecule has 1 spiro atoms. The zero-order valence-corrected chi connectivity index (χ0v) is 24.5. The lowest BCUT2D eigenvalue weighted by Gasteiger charge is -2.38. The van der Waals surface area contributed by atoms with Gasteiger partial charge in [0.2, 0.25) is 5.75 Å². The highest BCUT2D eigenvalue weighted by molar-refractivity contribution is 6.22. The largest absolute Gasteiger partial charge is 0.504 e. The summed E-state index contributed by atoms with van der Waals surface area (Å²) in [5.74, 6) is 0.171. The topological polar surface area (TPSA) is 94.5 Å². The minimum Gasteiger partial charge on any atom is -0.504 e. The molecule has 8 nitrogen and oxygen atoms in total. The predicted octanol–water partition coefficient (Wildman–Crippen LogP) is 5.73. The summed E-state index contributed by atoms with van der Waals surface area (Å²) in [7, 11) is 6.15. The zero-order valence-electron chi connectivity index (χ0n) is 24.5. The lowest BCUT2D eigenvalue weighted by molar-refractivity contribution is 0.0519. The number of carbonyl (C=O) groups is 2. The summed E-state index contributed by atoms with van der Waals surface area (Å²) in [5.41, 5.74) is 1.51. The van der Waals surface area contributed by atoms with E-state index in [4.69, 9.17) is 18.9 Å². The van der Waals surface area contributed by atoms with Crippen molar-refractivity contribution in [3.63, 3.8) is 0 Å². The van der Waals surface area contributed by atoms with Crippen molar-refractivity contribution in [1.82, 2.24) is 4.90 Å². The monoisotopic (exact) mass is 579 g/mol. The first-order valence-corrected chi connectivity index (χ1v) is 14.5. The predicted molar refractivity (Wildman–Crippen MR) is 161 cm³/mol. The number of methoxy groups -OCH3 is 4. The third kappa shape index (κ3) is 3.59. The van der Waals surface area contributed by atoms with E-state index >= 15 is 4.79 Å². The first-order chi connectivity index (χ1) is 20.9. The van der Waals surface area contributed by atoms with Gasteiger partial charge in [0.15, 0.2) is 34.6 Å². The number of rotatable bonds is 7. The van der Waals surface area contributed by atoms with Crippen molar-refractivity contribution in [3.8, 4) is 28.7 Å².